The first-order valence-corrected chi connectivity index (χ1v) is 7.99. The minimum absolute atomic E-state index is 0.0852. The van der Waals surface area contributed by atoms with Gasteiger partial charge in [-0.25, -0.2) is 0 Å². The van der Waals surface area contributed by atoms with Gasteiger partial charge in [-0.2, -0.15) is 0 Å². The summed E-state index contributed by atoms with van der Waals surface area (Å²) in [6.07, 6.45) is 1.84. The first-order chi connectivity index (χ1) is 9.15. The quantitative estimate of drug-likeness (QED) is 0.585. The SMILES string of the molecule is O=c1ccn(Cc2cc(Cl)ccc2I)c2ccsc12. The van der Waals surface area contributed by atoms with Gasteiger partial charge in [0.05, 0.1) is 10.2 Å². The first-order valence-electron chi connectivity index (χ1n) is 5.66. The molecule has 0 amide bonds. The van der Waals surface area contributed by atoms with Crippen molar-refractivity contribution in [2.45, 2.75) is 6.54 Å². The van der Waals surface area contributed by atoms with Gasteiger partial charge in [0.1, 0.15) is 0 Å². The third kappa shape index (κ3) is 2.57. The topological polar surface area (TPSA) is 22.0 Å². The van der Waals surface area contributed by atoms with Gasteiger partial charge in [0, 0.05) is 27.4 Å². The lowest BCUT2D eigenvalue weighted by Crippen LogP contribution is -2.07. The van der Waals surface area contributed by atoms with Crippen molar-refractivity contribution in [3.8, 4) is 0 Å². The minimum atomic E-state index is 0.0852. The Hall–Kier alpha value is -0.850. The molecular formula is C14H9ClINOS. The Bertz CT molecular complexity index is 809. The summed E-state index contributed by atoms with van der Waals surface area (Å²) < 4.78 is 4.06. The Morgan fingerprint density at radius 1 is 1.26 bits per heavy atom. The molecule has 0 fully saturated rings. The minimum Gasteiger partial charge on any atom is -0.342 e. The van der Waals surface area contributed by atoms with Crippen LogP contribution >= 0.6 is 45.5 Å². The van der Waals surface area contributed by atoms with E-state index in [-0.39, 0.29) is 5.43 Å². The highest BCUT2D eigenvalue weighted by Gasteiger charge is 2.07. The van der Waals surface area contributed by atoms with Crippen molar-refractivity contribution in [1.82, 2.24) is 4.57 Å². The van der Waals surface area contributed by atoms with E-state index in [0.29, 0.717) is 6.54 Å². The van der Waals surface area contributed by atoms with Crippen molar-refractivity contribution in [3.05, 3.63) is 66.3 Å². The van der Waals surface area contributed by atoms with Crippen molar-refractivity contribution < 1.29 is 0 Å². The van der Waals surface area contributed by atoms with Crippen LogP contribution in [-0.2, 0) is 6.54 Å². The molecule has 0 unspecified atom stereocenters. The number of nitrogens with zero attached hydrogens (tertiary/aromatic N) is 1. The third-order valence-corrected chi connectivity index (χ3v) is 5.14. The number of fused-ring (bicyclic) bond motifs is 1. The van der Waals surface area contributed by atoms with Crippen LogP contribution in [0.5, 0.6) is 0 Å². The normalized spacial score (nSPS) is 11.1. The highest BCUT2D eigenvalue weighted by molar-refractivity contribution is 14.1. The van der Waals surface area contributed by atoms with Crippen LogP contribution in [0.4, 0.5) is 0 Å². The van der Waals surface area contributed by atoms with Gasteiger partial charge in [-0.05, 0) is 57.8 Å². The van der Waals surface area contributed by atoms with E-state index in [1.54, 1.807) is 6.07 Å². The van der Waals surface area contributed by atoms with Crippen LogP contribution in [0.15, 0.2) is 46.7 Å². The second-order valence-corrected chi connectivity index (χ2v) is 6.69. The molecule has 2 nitrogen and oxygen atoms in total. The molecule has 0 aliphatic rings. The van der Waals surface area contributed by atoms with Crippen molar-refractivity contribution >= 4 is 55.7 Å². The predicted octanol–water partition coefficient (Wildman–Crippen LogP) is 4.37. The van der Waals surface area contributed by atoms with Gasteiger partial charge in [0.2, 0.25) is 0 Å². The molecule has 19 heavy (non-hydrogen) atoms. The fourth-order valence-electron chi connectivity index (χ4n) is 2.01. The highest BCUT2D eigenvalue weighted by atomic mass is 127. The maximum Gasteiger partial charge on any atom is 0.199 e. The average molecular weight is 402 g/mol. The molecule has 0 saturated heterocycles. The Labute approximate surface area is 132 Å². The summed E-state index contributed by atoms with van der Waals surface area (Å²) in [5, 5.41) is 2.68. The van der Waals surface area contributed by atoms with E-state index in [4.69, 9.17) is 11.6 Å². The van der Waals surface area contributed by atoms with Crippen LogP contribution in [0.2, 0.25) is 5.02 Å². The van der Waals surface area contributed by atoms with Crippen LogP contribution in [0.1, 0.15) is 5.56 Å². The highest BCUT2D eigenvalue weighted by Crippen LogP contribution is 2.22. The number of thiophene rings is 1. The zero-order valence-corrected chi connectivity index (χ0v) is 13.5. The van der Waals surface area contributed by atoms with E-state index in [1.165, 1.54) is 14.9 Å². The van der Waals surface area contributed by atoms with Gasteiger partial charge in [-0.15, -0.1) is 11.3 Å². The molecule has 0 bridgehead atoms. The molecule has 1 aromatic carbocycles. The van der Waals surface area contributed by atoms with Gasteiger partial charge in [0.25, 0.3) is 0 Å². The number of aromatic nitrogens is 1. The monoisotopic (exact) mass is 401 g/mol. The van der Waals surface area contributed by atoms with Crippen LogP contribution in [-0.4, -0.2) is 4.57 Å². The van der Waals surface area contributed by atoms with E-state index < -0.39 is 0 Å². The van der Waals surface area contributed by atoms with Gasteiger partial charge < -0.3 is 4.57 Å². The second-order valence-electron chi connectivity index (χ2n) is 4.18. The van der Waals surface area contributed by atoms with E-state index in [9.17, 15) is 4.79 Å². The smallest absolute Gasteiger partial charge is 0.199 e. The first kappa shape index (κ1) is 13.1. The third-order valence-electron chi connectivity index (χ3n) is 2.93. The standard InChI is InChI=1S/C14H9ClINOS/c15-10-1-2-11(16)9(7-10)8-17-5-3-13(18)14-12(17)4-6-19-14/h1-7H,8H2. The van der Waals surface area contributed by atoms with E-state index >= 15 is 0 Å². The number of rotatable bonds is 2. The molecule has 2 heterocycles. The Balaban J connectivity index is 2.11. The number of hydrogen-bond acceptors (Lipinski definition) is 2. The molecule has 3 aromatic rings. The molecule has 0 atom stereocenters. The average Bonchev–Trinajstić information content (AvgIpc) is 2.87. The maximum absolute atomic E-state index is 11.7. The summed E-state index contributed by atoms with van der Waals surface area (Å²) in [5.74, 6) is 0. The molecular weight excluding hydrogens is 393 g/mol. The molecule has 0 aliphatic heterocycles. The van der Waals surface area contributed by atoms with Crippen LogP contribution in [0.3, 0.4) is 0 Å². The number of pyridine rings is 1. The second kappa shape index (κ2) is 5.26. The van der Waals surface area contributed by atoms with E-state index in [0.717, 1.165) is 20.8 Å². The summed E-state index contributed by atoms with van der Waals surface area (Å²) in [6.45, 7) is 0.715. The van der Waals surface area contributed by atoms with Gasteiger partial charge in [-0.1, -0.05) is 11.6 Å². The molecule has 96 valence electrons. The largest absolute Gasteiger partial charge is 0.342 e. The summed E-state index contributed by atoms with van der Waals surface area (Å²) in [6, 6.07) is 9.47. The van der Waals surface area contributed by atoms with Crippen molar-refractivity contribution in [3.63, 3.8) is 0 Å². The molecule has 2 aromatic heterocycles. The maximum atomic E-state index is 11.7. The number of hydrogen-bond donors (Lipinski definition) is 0. The van der Waals surface area contributed by atoms with E-state index in [2.05, 4.69) is 27.2 Å². The van der Waals surface area contributed by atoms with E-state index in [1.807, 2.05) is 35.8 Å². The van der Waals surface area contributed by atoms with Crippen molar-refractivity contribution in [2.24, 2.45) is 0 Å². The van der Waals surface area contributed by atoms with Crippen molar-refractivity contribution in [2.75, 3.05) is 0 Å². The fourth-order valence-corrected chi connectivity index (χ4v) is 3.54. The van der Waals surface area contributed by atoms with Gasteiger partial charge >= 0.3 is 0 Å². The lowest BCUT2D eigenvalue weighted by Gasteiger charge is -2.10. The summed E-state index contributed by atoms with van der Waals surface area (Å²) in [5.41, 5.74) is 2.22. The van der Waals surface area contributed by atoms with Gasteiger partial charge in [-0.3, -0.25) is 4.79 Å². The Morgan fingerprint density at radius 3 is 2.95 bits per heavy atom. The predicted molar refractivity (Wildman–Crippen MR) is 89.4 cm³/mol. The zero-order chi connectivity index (χ0) is 13.4. The Morgan fingerprint density at radius 2 is 2.11 bits per heavy atom. The summed E-state index contributed by atoms with van der Waals surface area (Å²) in [7, 11) is 0. The molecule has 0 spiro atoms. The van der Waals surface area contributed by atoms with Crippen LogP contribution < -0.4 is 5.43 Å². The fraction of sp³-hybridized carbons (Fsp3) is 0.0714. The lowest BCUT2D eigenvalue weighted by atomic mass is 10.2. The molecule has 0 radical (unpaired) electrons. The zero-order valence-electron chi connectivity index (χ0n) is 9.77. The molecule has 0 aliphatic carbocycles. The summed E-state index contributed by atoms with van der Waals surface area (Å²) in [4.78, 5) is 11.7. The number of benzene rings is 1. The molecule has 0 saturated carbocycles. The Kier molecular flexibility index (Phi) is 3.64. The number of halogens is 2. The molecule has 5 heteroatoms. The molecule has 3 rings (SSSR count). The molecule has 0 N–H and O–H groups in total. The van der Waals surface area contributed by atoms with Gasteiger partial charge in [0.15, 0.2) is 5.43 Å². The van der Waals surface area contributed by atoms with Crippen LogP contribution in [0, 0.1) is 3.57 Å². The summed E-state index contributed by atoms with van der Waals surface area (Å²) >= 11 is 9.83. The lowest BCUT2D eigenvalue weighted by molar-refractivity contribution is 0.823. The van der Waals surface area contributed by atoms with Crippen molar-refractivity contribution in [1.29, 1.82) is 0 Å². The van der Waals surface area contributed by atoms with Crippen LogP contribution in [0.25, 0.3) is 10.2 Å².